The summed E-state index contributed by atoms with van der Waals surface area (Å²) in [5.74, 6) is 0.907. The molecule has 0 unspecified atom stereocenters. The van der Waals surface area contributed by atoms with Gasteiger partial charge in [-0.05, 0) is 49.6 Å². The second kappa shape index (κ2) is 7.89. The molecule has 0 amide bonds. The summed E-state index contributed by atoms with van der Waals surface area (Å²) >= 11 is 0. The minimum absolute atomic E-state index is 0.189. The topological polar surface area (TPSA) is 80.3 Å². The molecule has 0 aromatic heterocycles. The number of hydrogen-bond acceptors (Lipinski definition) is 7. The van der Waals surface area contributed by atoms with E-state index < -0.39 is 5.41 Å². The van der Waals surface area contributed by atoms with E-state index in [2.05, 4.69) is 0 Å². The maximum atomic E-state index is 12.3. The van der Waals surface area contributed by atoms with Gasteiger partial charge in [0.25, 0.3) is 0 Å². The van der Waals surface area contributed by atoms with Crippen molar-refractivity contribution in [2.24, 2.45) is 5.41 Å². The van der Waals surface area contributed by atoms with E-state index in [0.29, 0.717) is 29.4 Å². The highest BCUT2D eigenvalue weighted by atomic mass is 16.6. The molecule has 0 bridgehead atoms. The molecule has 7 nitrogen and oxygen atoms in total. The van der Waals surface area contributed by atoms with Gasteiger partial charge in [-0.25, -0.2) is 4.79 Å². The van der Waals surface area contributed by atoms with E-state index in [9.17, 15) is 9.59 Å². The van der Waals surface area contributed by atoms with Gasteiger partial charge >= 0.3 is 11.9 Å². The summed E-state index contributed by atoms with van der Waals surface area (Å²) in [4.78, 5) is 24.1. The lowest BCUT2D eigenvalue weighted by Crippen LogP contribution is -2.26. The molecular formula is C23H24O7. The highest BCUT2D eigenvalue weighted by Crippen LogP contribution is 2.50. The van der Waals surface area contributed by atoms with E-state index in [1.165, 1.54) is 0 Å². The highest BCUT2D eigenvalue weighted by Gasteiger charge is 2.52. The van der Waals surface area contributed by atoms with Crippen LogP contribution in [0.25, 0.3) is 11.1 Å². The summed E-state index contributed by atoms with van der Waals surface area (Å²) in [5.41, 5.74) is 2.40. The second-order valence-corrected chi connectivity index (χ2v) is 7.42. The minimum atomic E-state index is -0.612. The predicted molar refractivity (Wildman–Crippen MR) is 108 cm³/mol. The van der Waals surface area contributed by atoms with Gasteiger partial charge < -0.3 is 23.7 Å². The first-order chi connectivity index (χ1) is 14.5. The van der Waals surface area contributed by atoms with Crippen LogP contribution < -0.4 is 14.2 Å². The standard InChI is InChI=1S/C23H24O7/c1-4-28-22(25)23(9-10-23)13-30-19-16(7-8-18(26-2)20(19)27-3)14-5-6-17-15(11-14)12-29-21(17)24/h5-8,11H,4,9-10,12-13H2,1-3H3. The Labute approximate surface area is 174 Å². The number of ether oxygens (including phenoxy) is 5. The van der Waals surface area contributed by atoms with Gasteiger partial charge in [-0.1, -0.05) is 6.07 Å². The van der Waals surface area contributed by atoms with E-state index in [1.807, 2.05) is 18.2 Å². The van der Waals surface area contributed by atoms with Crippen LogP contribution in [0, 0.1) is 5.41 Å². The smallest absolute Gasteiger partial charge is 0.338 e. The minimum Gasteiger partial charge on any atom is -0.493 e. The molecule has 30 heavy (non-hydrogen) atoms. The number of carbonyl (C=O) groups is 2. The number of cyclic esters (lactones) is 1. The summed E-state index contributed by atoms with van der Waals surface area (Å²) in [6.07, 6.45) is 1.46. The van der Waals surface area contributed by atoms with Gasteiger partial charge in [-0.3, -0.25) is 4.79 Å². The van der Waals surface area contributed by atoms with Crippen molar-refractivity contribution in [2.45, 2.75) is 26.4 Å². The molecule has 1 saturated carbocycles. The first-order valence-electron chi connectivity index (χ1n) is 9.88. The van der Waals surface area contributed by atoms with Gasteiger partial charge in [0.1, 0.15) is 18.6 Å². The zero-order valence-corrected chi connectivity index (χ0v) is 17.3. The molecular weight excluding hydrogens is 388 g/mol. The van der Waals surface area contributed by atoms with E-state index in [4.69, 9.17) is 23.7 Å². The van der Waals surface area contributed by atoms with Crippen LogP contribution in [0.3, 0.4) is 0 Å². The monoisotopic (exact) mass is 412 g/mol. The van der Waals surface area contributed by atoms with E-state index in [0.717, 1.165) is 29.5 Å². The molecule has 1 aliphatic heterocycles. The Balaban J connectivity index is 1.71. The Morgan fingerprint density at radius 2 is 1.83 bits per heavy atom. The molecule has 2 aromatic carbocycles. The number of esters is 2. The van der Waals surface area contributed by atoms with Gasteiger partial charge in [-0.2, -0.15) is 0 Å². The molecule has 0 radical (unpaired) electrons. The van der Waals surface area contributed by atoms with E-state index >= 15 is 0 Å². The zero-order valence-electron chi connectivity index (χ0n) is 17.3. The normalized spacial score (nSPS) is 15.8. The lowest BCUT2D eigenvalue weighted by atomic mass is 9.99. The fourth-order valence-corrected chi connectivity index (χ4v) is 3.62. The number of methoxy groups -OCH3 is 2. The Kier molecular flexibility index (Phi) is 5.28. The van der Waals surface area contributed by atoms with Crippen molar-refractivity contribution in [3.05, 3.63) is 41.5 Å². The lowest BCUT2D eigenvalue weighted by Gasteiger charge is -2.20. The highest BCUT2D eigenvalue weighted by molar-refractivity contribution is 5.94. The number of rotatable bonds is 8. The third-order valence-corrected chi connectivity index (χ3v) is 5.55. The quantitative estimate of drug-likeness (QED) is 0.611. The van der Waals surface area contributed by atoms with Gasteiger partial charge in [0, 0.05) is 11.1 Å². The van der Waals surface area contributed by atoms with Crippen LogP contribution in [-0.2, 0) is 20.9 Å². The Bertz CT molecular complexity index is 991. The summed E-state index contributed by atoms with van der Waals surface area (Å²) < 4.78 is 27.5. The second-order valence-electron chi connectivity index (χ2n) is 7.42. The Morgan fingerprint density at radius 1 is 1.07 bits per heavy atom. The first-order valence-corrected chi connectivity index (χ1v) is 9.88. The van der Waals surface area contributed by atoms with Crippen LogP contribution in [-0.4, -0.2) is 39.4 Å². The zero-order chi connectivity index (χ0) is 21.3. The lowest BCUT2D eigenvalue weighted by molar-refractivity contribution is -0.150. The average Bonchev–Trinajstić information content (AvgIpc) is 3.48. The van der Waals surface area contributed by atoms with Gasteiger partial charge in [0.05, 0.1) is 26.4 Å². The van der Waals surface area contributed by atoms with E-state index in [1.54, 1.807) is 33.3 Å². The molecule has 4 rings (SSSR count). The molecule has 7 heteroatoms. The maximum Gasteiger partial charge on any atom is 0.338 e. The molecule has 2 aromatic rings. The van der Waals surface area contributed by atoms with Crippen LogP contribution in [0.2, 0.25) is 0 Å². The van der Waals surface area contributed by atoms with Crippen LogP contribution >= 0.6 is 0 Å². The first kappa shape index (κ1) is 20.1. The van der Waals surface area contributed by atoms with Crippen molar-refractivity contribution >= 4 is 11.9 Å². The van der Waals surface area contributed by atoms with Crippen molar-refractivity contribution in [1.82, 2.24) is 0 Å². The largest absolute Gasteiger partial charge is 0.493 e. The maximum absolute atomic E-state index is 12.3. The number of hydrogen-bond donors (Lipinski definition) is 0. The van der Waals surface area contributed by atoms with Crippen molar-refractivity contribution in [3.8, 4) is 28.4 Å². The van der Waals surface area contributed by atoms with Crippen LogP contribution in [0.15, 0.2) is 30.3 Å². The number of carbonyl (C=O) groups excluding carboxylic acids is 2. The summed E-state index contributed by atoms with van der Waals surface area (Å²) in [5, 5.41) is 0. The van der Waals surface area contributed by atoms with Crippen LogP contribution in [0.4, 0.5) is 0 Å². The van der Waals surface area contributed by atoms with Crippen molar-refractivity contribution in [1.29, 1.82) is 0 Å². The molecule has 1 aliphatic carbocycles. The number of fused-ring (bicyclic) bond motifs is 1. The van der Waals surface area contributed by atoms with Crippen molar-refractivity contribution in [3.63, 3.8) is 0 Å². The van der Waals surface area contributed by atoms with Gasteiger partial charge in [0.2, 0.25) is 5.75 Å². The molecule has 0 atom stereocenters. The fraction of sp³-hybridized carbons (Fsp3) is 0.391. The van der Waals surface area contributed by atoms with Crippen LogP contribution in [0.5, 0.6) is 17.2 Å². The Hall–Kier alpha value is -3.22. The third-order valence-electron chi connectivity index (χ3n) is 5.55. The summed E-state index contributed by atoms with van der Waals surface area (Å²) in [7, 11) is 3.10. The summed E-state index contributed by atoms with van der Waals surface area (Å²) in [6.45, 7) is 2.57. The number of benzene rings is 2. The Morgan fingerprint density at radius 3 is 2.50 bits per heavy atom. The predicted octanol–water partition coefficient (Wildman–Crippen LogP) is 3.76. The van der Waals surface area contributed by atoms with Gasteiger partial charge in [0.15, 0.2) is 11.5 Å². The molecule has 0 saturated heterocycles. The van der Waals surface area contributed by atoms with Gasteiger partial charge in [-0.15, -0.1) is 0 Å². The molecule has 2 aliphatic rings. The molecule has 1 fully saturated rings. The molecule has 0 N–H and O–H groups in total. The average molecular weight is 412 g/mol. The molecule has 0 spiro atoms. The van der Waals surface area contributed by atoms with Crippen molar-refractivity contribution in [2.75, 3.05) is 27.4 Å². The molecule has 158 valence electrons. The third kappa shape index (κ3) is 3.44. The summed E-state index contributed by atoms with van der Waals surface area (Å²) in [6, 6.07) is 9.18. The van der Waals surface area contributed by atoms with Crippen molar-refractivity contribution < 1.29 is 33.3 Å². The SMILES string of the molecule is CCOC(=O)C1(COc2c(-c3ccc4c(c3)COC4=O)ccc(OC)c2OC)CC1. The van der Waals surface area contributed by atoms with E-state index in [-0.39, 0.29) is 25.2 Å². The van der Waals surface area contributed by atoms with Crippen LogP contribution in [0.1, 0.15) is 35.7 Å². The molecule has 1 heterocycles. The fourth-order valence-electron chi connectivity index (χ4n) is 3.62.